The van der Waals surface area contributed by atoms with Gasteiger partial charge in [-0.15, -0.1) is 11.3 Å². The van der Waals surface area contributed by atoms with Crippen molar-refractivity contribution in [1.29, 1.82) is 0 Å². The van der Waals surface area contributed by atoms with Crippen molar-refractivity contribution in [1.82, 2.24) is 4.98 Å². The smallest absolute Gasteiger partial charge is 0.126 e. The number of hydrogen-bond donors (Lipinski definition) is 1. The van der Waals surface area contributed by atoms with Crippen molar-refractivity contribution in [2.24, 2.45) is 0 Å². The second kappa shape index (κ2) is 4.48. The first-order chi connectivity index (χ1) is 6.88. The fourth-order valence-corrected chi connectivity index (χ4v) is 2.82. The predicted molar refractivity (Wildman–Crippen MR) is 62.2 cm³/mol. The maximum absolute atomic E-state index is 4.17. The first kappa shape index (κ1) is 9.55. The topological polar surface area (TPSA) is 24.9 Å². The van der Waals surface area contributed by atoms with Crippen LogP contribution in [0.2, 0.25) is 0 Å². The van der Waals surface area contributed by atoms with Gasteiger partial charge in [0.2, 0.25) is 0 Å². The molecular weight excluding hydrogens is 212 g/mol. The summed E-state index contributed by atoms with van der Waals surface area (Å²) in [5, 5.41) is 5.11. The molecule has 1 N–H and O–H groups in total. The number of anilines is 1. The summed E-state index contributed by atoms with van der Waals surface area (Å²) >= 11 is 3.52. The predicted octanol–water partition coefficient (Wildman–Crippen LogP) is 3.34. The lowest BCUT2D eigenvalue weighted by atomic mass is 10.5. The van der Waals surface area contributed by atoms with Gasteiger partial charge in [0.1, 0.15) is 5.82 Å². The molecule has 0 atom stereocenters. The summed E-state index contributed by atoms with van der Waals surface area (Å²) < 4.78 is 1.30. The number of hydrogen-bond acceptors (Lipinski definition) is 4. The van der Waals surface area contributed by atoms with E-state index in [2.05, 4.69) is 27.8 Å². The van der Waals surface area contributed by atoms with Crippen LogP contribution in [0.15, 0.2) is 44.9 Å². The number of nitrogens with one attached hydrogen (secondary N) is 1. The van der Waals surface area contributed by atoms with Crippen LogP contribution in [0.1, 0.15) is 0 Å². The highest BCUT2D eigenvalue weighted by Crippen LogP contribution is 2.31. The standard InChI is InChI=1S/C10H10N2S2/c1-11-9-7-8(4-5-12-9)14-10-3-2-6-13-10/h2-7H,1H3,(H,11,12). The average molecular weight is 222 g/mol. The van der Waals surface area contributed by atoms with Crippen molar-refractivity contribution >= 4 is 28.9 Å². The molecule has 0 aromatic carbocycles. The average Bonchev–Trinajstić information content (AvgIpc) is 2.71. The molecule has 72 valence electrons. The molecular formula is C10H10N2S2. The van der Waals surface area contributed by atoms with Gasteiger partial charge in [-0.25, -0.2) is 4.98 Å². The number of thiophene rings is 1. The maximum atomic E-state index is 4.17. The fraction of sp³-hybridized carbons (Fsp3) is 0.100. The molecule has 0 aliphatic heterocycles. The highest BCUT2D eigenvalue weighted by atomic mass is 32.2. The van der Waals surface area contributed by atoms with Gasteiger partial charge in [0.05, 0.1) is 4.21 Å². The van der Waals surface area contributed by atoms with E-state index in [1.165, 1.54) is 9.10 Å². The largest absolute Gasteiger partial charge is 0.373 e. The van der Waals surface area contributed by atoms with Gasteiger partial charge in [0.15, 0.2) is 0 Å². The van der Waals surface area contributed by atoms with E-state index in [1.807, 2.05) is 25.4 Å². The SMILES string of the molecule is CNc1cc(Sc2cccs2)ccn1. The summed E-state index contributed by atoms with van der Waals surface area (Å²) in [6.45, 7) is 0. The van der Waals surface area contributed by atoms with Crippen molar-refractivity contribution in [2.75, 3.05) is 12.4 Å². The molecule has 0 unspecified atom stereocenters. The molecule has 0 saturated heterocycles. The molecule has 0 saturated carbocycles. The molecule has 0 aliphatic rings. The Balaban J connectivity index is 2.17. The van der Waals surface area contributed by atoms with Crippen LogP contribution in [0, 0.1) is 0 Å². The molecule has 2 heterocycles. The zero-order valence-electron chi connectivity index (χ0n) is 7.73. The number of aromatic nitrogens is 1. The van der Waals surface area contributed by atoms with E-state index in [-0.39, 0.29) is 0 Å². The molecule has 4 heteroatoms. The molecule has 0 amide bonds. The Hall–Kier alpha value is -1.00. The van der Waals surface area contributed by atoms with Crippen molar-refractivity contribution < 1.29 is 0 Å². The quantitative estimate of drug-likeness (QED) is 0.862. The van der Waals surface area contributed by atoms with E-state index in [0.717, 1.165) is 5.82 Å². The van der Waals surface area contributed by atoms with Crippen molar-refractivity contribution in [2.45, 2.75) is 9.10 Å². The molecule has 2 aromatic heterocycles. The Morgan fingerprint density at radius 2 is 2.36 bits per heavy atom. The third-order valence-corrected chi connectivity index (χ3v) is 3.73. The summed E-state index contributed by atoms with van der Waals surface area (Å²) in [7, 11) is 1.88. The third-order valence-electron chi connectivity index (χ3n) is 1.70. The minimum absolute atomic E-state index is 0.909. The Morgan fingerprint density at radius 3 is 3.07 bits per heavy atom. The Bertz CT molecular complexity index is 398. The highest BCUT2D eigenvalue weighted by Gasteiger charge is 1.99. The zero-order chi connectivity index (χ0) is 9.80. The molecule has 2 nitrogen and oxygen atoms in total. The first-order valence-corrected chi connectivity index (χ1v) is 5.93. The van der Waals surface area contributed by atoms with Gasteiger partial charge in [0.25, 0.3) is 0 Å². The first-order valence-electron chi connectivity index (χ1n) is 4.23. The normalized spacial score (nSPS) is 10.1. The van der Waals surface area contributed by atoms with E-state index in [9.17, 15) is 0 Å². The second-order valence-electron chi connectivity index (χ2n) is 2.66. The number of rotatable bonds is 3. The monoisotopic (exact) mass is 222 g/mol. The van der Waals surface area contributed by atoms with Crippen LogP contribution in [-0.4, -0.2) is 12.0 Å². The highest BCUT2D eigenvalue weighted by molar-refractivity contribution is 8.01. The van der Waals surface area contributed by atoms with Gasteiger partial charge in [0, 0.05) is 18.1 Å². The summed E-state index contributed by atoms with van der Waals surface area (Å²) in [5.41, 5.74) is 0. The van der Waals surface area contributed by atoms with Crippen LogP contribution in [0.4, 0.5) is 5.82 Å². The summed E-state index contributed by atoms with van der Waals surface area (Å²) in [5.74, 6) is 0.909. The zero-order valence-corrected chi connectivity index (χ0v) is 9.36. The molecule has 0 bridgehead atoms. The van der Waals surface area contributed by atoms with Gasteiger partial charge in [-0.2, -0.15) is 0 Å². The summed E-state index contributed by atoms with van der Waals surface area (Å²) in [6, 6.07) is 8.25. The van der Waals surface area contributed by atoms with Crippen LogP contribution in [0.5, 0.6) is 0 Å². The van der Waals surface area contributed by atoms with Crippen molar-refractivity contribution in [3.05, 3.63) is 35.8 Å². The van der Waals surface area contributed by atoms with Gasteiger partial charge in [-0.05, 0) is 23.6 Å². The number of pyridine rings is 1. The maximum Gasteiger partial charge on any atom is 0.126 e. The Kier molecular flexibility index (Phi) is 3.06. The minimum atomic E-state index is 0.909. The summed E-state index contributed by atoms with van der Waals surface area (Å²) in [4.78, 5) is 5.38. The molecule has 0 radical (unpaired) electrons. The van der Waals surface area contributed by atoms with Crippen LogP contribution >= 0.6 is 23.1 Å². The molecule has 0 aliphatic carbocycles. The van der Waals surface area contributed by atoms with Crippen LogP contribution in [0.3, 0.4) is 0 Å². The third kappa shape index (κ3) is 2.27. The van der Waals surface area contributed by atoms with Gasteiger partial charge < -0.3 is 5.32 Å². The molecule has 2 rings (SSSR count). The molecule has 2 aromatic rings. The molecule has 0 fully saturated rings. The fourth-order valence-electron chi connectivity index (χ4n) is 1.05. The second-order valence-corrected chi connectivity index (χ2v) is 4.98. The molecule has 14 heavy (non-hydrogen) atoms. The van der Waals surface area contributed by atoms with Crippen LogP contribution < -0.4 is 5.32 Å². The van der Waals surface area contributed by atoms with Crippen molar-refractivity contribution in [3.63, 3.8) is 0 Å². The van der Waals surface area contributed by atoms with Gasteiger partial charge in [-0.3, -0.25) is 0 Å². The van der Waals surface area contributed by atoms with Gasteiger partial charge >= 0.3 is 0 Å². The number of nitrogens with zero attached hydrogens (tertiary/aromatic N) is 1. The van der Waals surface area contributed by atoms with E-state index in [4.69, 9.17) is 0 Å². The summed E-state index contributed by atoms with van der Waals surface area (Å²) in [6.07, 6.45) is 1.82. The van der Waals surface area contributed by atoms with E-state index in [1.54, 1.807) is 23.1 Å². The molecule has 0 spiro atoms. The van der Waals surface area contributed by atoms with E-state index < -0.39 is 0 Å². The lowest BCUT2D eigenvalue weighted by molar-refractivity contribution is 1.24. The van der Waals surface area contributed by atoms with E-state index >= 15 is 0 Å². The lowest BCUT2D eigenvalue weighted by Gasteiger charge is -2.01. The Morgan fingerprint density at radius 1 is 1.43 bits per heavy atom. The Labute approximate surface area is 91.4 Å². The van der Waals surface area contributed by atoms with Crippen LogP contribution in [-0.2, 0) is 0 Å². The lowest BCUT2D eigenvalue weighted by Crippen LogP contribution is -1.90. The van der Waals surface area contributed by atoms with E-state index in [0.29, 0.717) is 0 Å². The van der Waals surface area contributed by atoms with Crippen LogP contribution in [0.25, 0.3) is 0 Å². The minimum Gasteiger partial charge on any atom is -0.373 e. The van der Waals surface area contributed by atoms with Crippen molar-refractivity contribution in [3.8, 4) is 0 Å². The van der Waals surface area contributed by atoms with Gasteiger partial charge in [-0.1, -0.05) is 17.8 Å².